The number of hydrogen-bond donors (Lipinski definition) is 2. The molecule has 0 saturated heterocycles. The van der Waals surface area contributed by atoms with E-state index in [1.165, 1.54) is 18.3 Å². The zero-order chi connectivity index (χ0) is 18.7. The maximum Gasteiger partial charge on any atom is 0.432 e. The van der Waals surface area contributed by atoms with E-state index in [1.807, 2.05) is 0 Å². The zero-order valence-corrected chi connectivity index (χ0v) is 13.8. The van der Waals surface area contributed by atoms with Crippen molar-refractivity contribution in [2.45, 2.75) is 18.7 Å². The number of benzene rings is 1. The van der Waals surface area contributed by atoms with Crippen molar-refractivity contribution in [3.8, 4) is 0 Å². The third kappa shape index (κ3) is 3.83. The molecule has 0 aliphatic rings. The van der Waals surface area contributed by atoms with Crippen molar-refractivity contribution in [2.75, 3.05) is 11.9 Å². The highest BCUT2D eigenvalue weighted by molar-refractivity contribution is 7.12. The highest BCUT2D eigenvalue weighted by atomic mass is 32.1. The first-order valence-electron chi connectivity index (χ1n) is 7.12. The second kappa shape index (κ2) is 7.24. The van der Waals surface area contributed by atoms with Gasteiger partial charge in [0.2, 0.25) is 0 Å². The number of thiophene rings is 1. The molecular weight excluding hydrogens is 359 g/mol. The van der Waals surface area contributed by atoms with Crippen LogP contribution in [0.15, 0.2) is 41.8 Å². The monoisotopic (exact) mass is 373 g/mol. The first-order chi connectivity index (χ1) is 11.7. The van der Waals surface area contributed by atoms with Crippen molar-refractivity contribution in [3.05, 3.63) is 52.2 Å². The summed E-state index contributed by atoms with van der Waals surface area (Å²) < 4.78 is 44.1. The molecule has 0 bridgehead atoms. The Labute approximate surface area is 145 Å². The van der Waals surface area contributed by atoms with Gasteiger partial charge in [0.25, 0.3) is 11.5 Å². The Hall–Kier alpha value is -2.39. The second-order valence-corrected chi connectivity index (χ2v) is 5.89. The third-order valence-corrected chi connectivity index (χ3v) is 4.16. The fraction of sp³-hybridized carbons (Fsp3) is 0.250. The Balaban J connectivity index is 2.27. The van der Waals surface area contributed by atoms with Gasteiger partial charge in [-0.1, -0.05) is 18.2 Å². The van der Waals surface area contributed by atoms with Crippen molar-refractivity contribution in [1.82, 2.24) is 0 Å². The Bertz CT molecular complexity index is 744. The molecule has 0 spiro atoms. The number of carbonyl (C=O) groups excluding carboxylic acids is 2. The van der Waals surface area contributed by atoms with Gasteiger partial charge in [-0.05, 0) is 30.5 Å². The molecule has 0 aliphatic heterocycles. The Morgan fingerprint density at radius 2 is 1.84 bits per heavy atom. The van der Waals surface area contributed by atoms with Crippen LogP contribution in [0.4, 0.5) is 18.9 Å². The molecule has 0 aliphatic carbocycles. The molecule has 1 aromatic heterocycles. The Kier molecular flexibility index (Phi) is 5.48. The predicted octanol–water partition coefficient (Wildman–Crippen LogP) is 3.31. The number of alkyl halides is 3. The average molecular weight is 373 g/mol. The molecule has 1 heterocycles. The number of hydrogen-bond acceptors (Lipinski definition) is 5. The van der Waals surface area contributed by atoms with E-state index >= 15 is 0 Å². The molecular formula is C16H14F3NO4S. The molecule has 5 nitrogen and oxygen atoms in total. The molecule has 0 fully saturated rings. The van der Waals surface area contributed by atoms with Gasteiger partial charge in [-0.2, -0.15) is 13.2 Å². The minimum atomic E-state index is -5.26. The van der Waals surface area contributed by atoms with Gasteiger partial charge < -0.3 is 15.2 Å². The van der Waals surface area contributed by atoms with Crippen molar-refractivity contribution in [1.29, 1.82) is 0 Å². The summed E-state index contributed by atoms with van der Waals surface area (Å²) in [4.78, 5) is 24.0. The minimum Gasteiger partial charge on any atom is -0.463 e. The molecule has 1 amide bonds. The maximum atomic E-state index is 13.2. The third-order valence-electron chi connectivity index (χ3n) is 3.29. The number of anilines is 1. The quantitative estimate of drug-likeness (QED) is 0.789. The lowest BCUT2D eigenvalue weighted by molar-refractivity contribution is -0.267. The smallest absolute Gasteiger partial charge is 0.432 e. The number of aliphatic hydroxyl groups is 1. The molecule has 134 valence electrons. The molecule has 25 heavy (non-hydrogen) atoms. The van der Waals surface area contributed by atoms with Crippen LogP contribution in [0.2, 0.25) is 0 Å². The number of amides is 1. The van der Waals surface area contributed by atoms with Crippen LogP contribution in [0.5, 0.6) is 0 Å². The van der Waals surface area contributed by atoms with Crippen LogP contribution in [0.25, 0.3) is 0 Å². The minimum absolute atomic E-state index is 0.218. The lowest BCUT2D eigenvalue weighted by atomic mass is 9.93. The molecule has 2 aromatic rings. The van der Waals surface area contributed by atoms with Crippen LogP contribution in [0, 0.1) is 0 Å². The van der Waals surface area contributed by atoms with Gasteiger partial charge in [-0.15, -0.1) is 11.3 Å². The predicted molar refractivity (Wildman–Crippen MR) is 85.3 cm³/mol. The number of nitrogens with one attached hydrogen (secondary N) is 1. The number of esters is 1. The molecule has 2 N–H and O–H groups in total. The van der Waals surface area contributed by atoms with Gasteiger partial charge >= 0.3 is 12.1 Å². The molecule has 1 unspecified atom stereocenters. The van der Waals surface area contributed by atoms with Crippen LogP contribution in [-0.2, 0) is 15.1 Å². The van der Waals surface area contributed by atoms with Crippen LogP contribution in [-0.4, -0.2) is 29.8 Å². The van der Waals surface area contributed by atoms with Gasteiger partial charge in [0.15, 0.2) is 0 Å². The van der Waals surface area contributed by atoms with Gasteiger partial charge in [-0.3, -0.25) is 4.79 Å². The fourth-order valence-electron chi connectivity index (χ4n) is 2.03. The zero-order valence-electron chi connectivity index (χ0n) is 13.0. The average Bonchev–Trinajstić information content (AvgIpc) is 3.08. The summed E-state index contributed by atoms with van der Waals surface area (Å²) in [6.45, 7) is 1.02. The lowest BCUT2D eigenvalue weighted by Gasteiger charge is -2.28. The number of ether oxygens (including phenoxy) is 1. The van der Waals surface area contributed by atoms with E-state index in [1.54, 1.807) is 17.5 Å². The van der Waals surface area contributed by atoms with E-state index in [9.17, 15) is 27.9 Å². The molecule has 9 heteroatoms. The van der Waals surface area contributed by atoms with Gasteiger partial charge in [0.05, 0.1) is 11.5 Å². The normalized spacial score (nSPS) is 13.8. The van der Waals surface area contributed by atoms with Crippen molar-refractivity contribution < 1.29 is 32.6 Å². The summed E-state index contributed by atoms with van der Waals surface area (Å²) in [6.07, 6.45) is -5.26. The van der Waals surface area contributed by atoms with Gasteiger partial charge in [-0.25, -0.2) is 4.79 Å². The van der Waals surface area contributed by atoms with Crippen LogP contribution < -0.4 is 5.32 Å². The van der Waals surface area contributed by atoms with Crippen LogP contribution in [0.1, 0.15) is 22.2 Å². The Morgan fingerprint density at radius 1 is 1.20 bits per heavy atom. The number of halogens is 3. The fourth-order valence-corrected chi connectivity index (χ4v) is 2.65. The maximum absolute atomic E-state index is 13.2. The largest absolute Gasteiger partial charge is 0.463 e. The van der Waals surface area contributed by atoms with E-state index in [4.69, 9.17) is 0 Å². The summed E-state index contributed by atoms with van der Waals surface area (Å²) in [7, 11) is 0. The van der Waals surface area contributed by atoms with E-state index in [-0.39, 0.29) is 12.3 Å². The van der Waals surface area contributed by atoms with Crippen LogP contribution >= 0.6 is 11.3 Å². The summed E-state index contributed by atoms with van der Waals surface area (Å²) in [5, 5.41) is 14.2. The first-order valence-corrected chi connectivity index (χ1v) is 7.99. The lowest BCUT2D eigenvalue weighted by Crippen LogP contribution is -2.50. The SMILES string of the molecule is CCOC(=O)C(O)(c1ccc(NC(=O)c2cccs2)cc1)C(F)(F)F. The van der Waals surface area contributed by atoms with E-state index in [0.717, 1.165) is 24.3 Å². The summed E-state index contributed by atoms with van der Waals surface area (Å²) in [5.74, 6) is -2.22. The summed E-state index contributed by atoms with van der Waals surface area (Å²) in [5.41, 5.74) is -4.26. The number of rotatable bonds is 5. The standard InChI is InChI=1S/C16H14F3NO4S/c1-2-24-14(22)15(23,16(17,18)19)10-5-7-11(8-6-10)20-13(21)12-4-3-9-25-12/h3-9,23H,2H2,1H3,(H,20,21). The van der Waals surface area contributed by atoms with Gasteiger partial charge in [0.1, 0.15) is 0 Å². The van der Waals surface area contributed by atoms with Crippen molar-refractivity contribution in [3.63, 3.8) is 0 Å². The highest BCUT2D eigenvalue weighted by Crippen LogP contribution is 2.40. The second-order valence-electron chi connectivity index (χ2n) is 4.94. The number of carbonyl (C=O) groups is 2. The molecule has 1 atom stereocenters. The molecule has 0 radical (unpaired) electrons. The van der Waals surface area contributed by atoms with Crippen molar-refractivity contribution in [2.24, 2.45) is 0 Å². The molecule has 0 saturated carbocycles. The Morgan fingerprint density at radius 3 is 2.32 bits per heavy atom. The van der Waals surface area contributed by atoms with Gasteiger partial charge in [0, 0.05) is 11.3 Å². The molecule has 1 aromatic carbocycles. The van der Waals surface area contributed by atoms with E-state index in [0.29, 0.717) is 4.88 Å². The summed E-state index contributed by atoms with van der Waals surface area (Å²) in [6, 6.07) is 7.43. The molecule has 2 rings (SSSR count). The highest BCUT2D eigenvalue weighted by Gasteiger charge is 2.62. The van der Waals surface area contributed by atoms with Crippen molar-refractivity contribution >= 4 is 28.9 Å². The van der Waals surface area contributed by atoms with Crippen LogP contribution in [0.3, 0.4) is 0 Å². The first kappa shape index (κ1) is 18.9. The van der Waals surface area contributed by atoms with E-state index < -0.39 is 29.2 Å². The van der Waals surface area contributed by atoms with E-state index in [2.05, 4.69) is 10.1 Å². The topological polar surface area (TPSA) is 75.6 Å². The summed E-state index contributed by atoms with van der Waals surface area (Å²) >= 11 is 1.21.